The lowest BCUT2D eigenvalue weighted by atomic mass is 10.1. The van der Waals surface area contributed by atoms with Crippen LogP contribution in [-0.2, 0) is 0 Å². The van der Waals surface area contributed by atoms with Gasteiger partial charge in [-0.05, 0) is 29.9 Å². The van der Waals surface area contributed by atoms with Gasteiger partial charge < -0.3 is 0 Å². The average Bonchev–Trinajstić information content (AvgIpc) is 2.02. The summed E-state index contributed by atoms with van der Waals surface area (Å²) in [5.41, 5.74) is 2.09. The molecular formula is C10H9NS. The van der Waals surface area contributed by atoms with Gasteiger partial charge in [0.05, 0.1) is 11.6 Å². The Balaban J connectivity index is 2.27. The Hall–Kier alpha value is -0.940. The fourth-order valence-corrected chi connectivity index (χ4v) is 2.12. The van der Waals surface area contributed by atoms with Gasteiger partial charge in [-0.15, -0.1) is 0 Å². The Kier molecular flexibility index (Phi) is 2.05. The Morgan fingerprint density at radius 1 is 1.50 bits per heavy atom. The predicted molar refractivity (Wildman–Crippen MR) is 51.0 cm³/mol. The molecule has 1 aliphatic heterocycles. The van der Waals surface area contributed by atoms with Crippen molar-refractivity contribution in [2.45, 2.75) is 11.7 Å². The van der Waals surface area contributed by atoms with Gasteiger partial charge in [-0.3, -0.25) is 0 Å². The van der Waals surface area contributed by atoms with Crippen LogP contribution in [0.4, 0.5) is 0 Å². The van der Waals surface area contributed by atoms with Crippen LogP contribution in [0.3, 0.4) is 0 Å². The summed E-state index contributed by atoms with van der Waals surface area (Å²) in [6.07, 6.45) is 1.26. The van der Waals surface area contributed by atoms with Crippen molar-refractivity contribution in [3.63, 3.8) is 0 Å². The molecule has 1 saturated heterocycles. The van der Waals surface area contributed by atoms with Crippen LogP contribution in [0.2, 0.25) is 0 Å². The summed E-state index contributed by atoms with van der Waals surface area (Å²) < 4.78 is 0. The van der Waals surface area contributed by atoms with E-state index in [1.165, 1.54) is 17.7 Å². The molecule has 0 spiro atoms. The number of nitrogens with zero attached hydrogens (tertiary/aromatic N) is 1. The molecule has 0 aliphatic carbocycles. The second kappa shape index (κ2) is 3.20. The summed E-state index contributed by atoms with van der Waals surface area (Å²) in [7, 11) is 0. The molecule has 1 aliphatic rings. The maximum Gasteiger partial charge on any atom is 0.0991 e. The molecule has 2 heteroatoms. The molecule has 1 heterocycles. The number of nitriles is 1. The number of hydrogen-bond acceptors (Lipinski definition) is 2. The molecule has 0 aromatic heterocycles. The molecule has 2 rings (SSSR count). The van der Waals surface area contributed by atoms with Gasteiger partial charge in [-0.2, -0.15) is 17.0 Å². The molecule has 0 N–H and O–H groups in total. The lowest BCUT2D eigenvalue weighted by Crippen LogP contribution is -2.06. The van der Waals surface area contributed by atoms with Gasteiger partial charge in [-0.25, -0.2) is 0 Å². The summed E-state index contributed by atoms with van der Waals surface area (Å²) >= 11 is 1.97. The van der Waals surface area contributed by atoms with Crippen LogP contribution in [0.25, 0.3) is 0 Å². The summed E-state index contributed by atoms with van der Waals surface area (Å²) in [4.78, 5) is 0. The molecule has 1 aromatic carbocycles. The Bertz CT molecular complexity index is 323. The molecule has 0 saturated carbocycles. The Morgan fingerprint density at radius 3 is 2.92 bits per heavy atom. The zero-order valence-electron chi connectivity index (χ0n) is 6.66. The molecule has 1 fully saturated rings. The number of hydrogen-bond donors (Lipinski definition) is 0. The van der Waals surface area contributed by atoms with Crippen LogP contribution in [0, 0.1) is 11.3 Å². The van der Waals surface area contributed by atoms with Gasteiger partial charge >= 0.3 is 0 Å². The minimum atomic E-state index is 0.651. The highest BCUT2D eigenvalue weighted by Crippen LogP contribution is 2.42. The second-order valence-electron chi connectivity index (χ2n) is 2.89. The van der Waals surface area contributed by atoms with Crippen molar-refractivity contribution in [1.82, 2.24) is 0 Å². The maximum atomic E-state index is 8.68. The minimum absolute atomic E-state index is 0.651. The molecule has 0 amide bonds. The third kappa shape index (κ3) is 1.33. The first-order valence-electron chi connectivity index (χ1n) is 4.02. The highest BCUT2D eigenvalue weighted by molar-refractivity contribution is 8.00. The minimum Gasteiger partial charge on any atom is -0.192 e. The van der Waals surface area contributed by atoms with E-state index in [1.807, 2.05) is 30.0 Å². The summed E-state index contributed by atoms with van der Waals surface area (Å²) in [6.45, 7) is 0. The largest absolute Gasteiger partial charge is 0.192 e. The van der Waals surface area contributed by atoms with Crippen LogP contribution >= 0.6 is 11.8 Å². The van der Waals surface area contributed by atoms with Crippen LogP contribution < -0.4 is 0 Å². The zero-order valence-corrected chi connectivity index (χ0v) is 7.47. The van der Waals surface area contributed by atoms with Crippen molar-refractivity contribution in [1.29, 1.82) is 5.26 Å². The highest BCUT2D eigenvalue weighted by atomic mass is 32.2. The van der Waals surface area contributed by atoms with Gasteiger partial charge in [0, 0.05) is 5.25 Å². The van der Waals surface area contributed by atoms with E-state index in [0.717, 1.165) is 5.56 Å². The van der Waals surface area contributed by atoms with Crippen molar-refractivity contribution >= 4 is 11.8 Å². The summed E-state index contributed by atoms with van der Waals surface area (Å²) in [5, 5.41) is 9.33. The first-order chi connectivity index (χ1) is 5.90. The van der Waals surface area contributed by atoms with Gasteiger partial charge in [0.15, 0.2) is 0 Å². The molecule has 12 heavy (non-hydrogen) atoms. The smallest absolute Gasteiger partial charge is 0.0991 e. The van der Waals surface area contributed by atoms with Crippen molar-refractivity contribution in [2.24, 2.45) is 0 Å². The molecule has 0 bridgehead atoms. The number of rotatable bonds is 1. The molecule has 60 valence electrons. The molecule has 1 unspecified atom stereocenters. The van der Waals surface area contributed by atoms with Gasteiger partial charge in [-0.1, -0.05) is 12.1 Å². The van der Waals surface area contributed by atoms with E-state index >= 15 is 0 Å². The zero-order chi connectivity index (χ0) is 8.39. The topological polar surface area (TPSA) is 23.8 Å². The van der Waals surface area contributed by atoms with E-state index < -0.39 is 0 Å². The van der Waals surface area contributed by atoms with Gasteiger partial charge in [0.2, 0.25) is 0 Å². The summed E-state index contributed by atoms with van der Waals surface area (Å²) in [6, 6.07) is 10.1. The standard InChI is InChI=1S/C10H9NS/c11-7-8-2-1-3-9(6-8)10-4-5-12-10/h1-3,6,10H,4-5H2. The van der Waals surface area contributed by atoms with E-state index in [9.17, 15) is 0 Å². The monoisotopic (exact) mass is 175 g/mol. The van der Waals surface area contributed by atoms with E-state index in [0.29, 0.717) is 5.25 Å². The maximum absolute atomic E-state index is 8.68. The van der Waals surface area contributed by atoms with Crippen molar-refractivity contribution in [2.75, 3.05) is 5.75 Å². The first kappa shape index (κ1) is 7.70. The van der Waals surface area contributed by atoms with E-state index in [1.54, 1.807) is 0 Å². The fourth-order valence-electron chi connectivity index (χ4n) is 1.31. The van der Waals surface area contributed by atoms with E-state index in [4.69, 9.17) is 5.26 Å². The van der Waals surface area contributed by atoms with Gasteiger partial charge in [0.1, 0.15) is 0 Å². The molecule has 1 atom stereocenters. The SMILES string of the molecule is N#Cc1cccc(C2CCS2)c1. The normalized spacial score (nSPS) is 21.1. The molecule has 1 aromatic rings. The molecule has 1 nitrogen and oxygen atoms in total. The number of thioether (sulfide) groups is 1. The molecule has 0 radical (unpaired) electrons. The average molecular weight is 175 g/mol. The quantitative estimate of drug-likeness (QED) is 0.655. The fraction of sp³-hybridized carbons (Fsp3) is 0.300. The van der Waals surface area contributed by atoms with E-state index in [-0.39, 0.29) is 0 Å². The first-order valence-corrected chi connectivity index (χ1v) is 5.07. The van der Waals surface area contributed by atoms with Crippen LogP contribution in [0.15, 0.2) is 24.3 Å². The van der Waals surface area contributed by atoms with Crippen molar-refractivity contribution in [3.8, 4) is 6.07 Å². The lowest BCUT2D eigenvalue weighted by molar-refractivity contribution is 0.849. The number of benzene rings is 1. The van der Waals surface area contributed by atoms with E-state index in [2.05, 4.69) is 12.1 Å². The predicted octanol–water partition coefficient (Wildman–Crippen LogP) is 2.74. The van der Waals surface area contributed by atoms with Crippen LogP contribution in [0.5, 0.6) is 0 Å². The molecular weight excluding hydrogens is 166 g/mol. The highest BCUT2D eigenvalue weighted by Gasteiger charge is 2.19. The van der Waals surface area contributed by atoms with Crippen LogP contribution in [0.1, 0.15) is 22.8 Å². The second-order valence-corrected chi connectivity index (χ2v) is 4.20. The third-order valence-corrected chi connectivity index (χ3v) is 3.47. The third-order valence-electron chi connectivity index (χ3n) is 2.09. The van der Waals surface area contributed by atoms with Gasteiger partial charge in [0.25, 0.3) is 0 Å². The Morgan fingerprint density at radius 2 is 2.33 bits per heavy atom. The lowest BCUT2D eigenvalue weighted by Gasteiger charge is -2.25. The van der Waals surface area contributed by atoms with Crippen LogP contribution in [-0.4, -0.2) is 5.75 Å². The Labute approximate surface area is 76.4 Å². The summed E-state index contributed by atoms with van der Waals surface area (Å²) in [5.74, 6) is 1.27. The van der Waals surface area contributed by atoms with Crippen molar-refractivity contribution < 1.29 is 0 Å². The van der Waals surface area contributed by atoms with Crippen molar-refractivity contribution in [3.05, 3.63) is 35.4 Å².